The largest absolute Gasteiger partial charge is 0.695 e. The van der Waals surface area contributed by atoms with Crippen molar-refractivity contribution in [1.82, 2.24) is 4.57 Å². The van der Waals surface area contributed by atoms with E-state index < -0.39 is 47.7 Å². The molecule has 1 aliphatic rings. The molecule has 0 radical (unpaired) electrons. The van der Waals surface area contributed by atoms with Gasteiger partial charge in [0.05, 0.1) is 6.61 Å². The minimum atomic E-state index is -2.96. The number of fused-ring (bicyclic) bond motifs is 1. The van der Waals surface area contributed by atoms with E-state index in [1.54, 1.807) is 24.4 Å². The fourth-order valence-electron chi connectivity index (χ4n) is 3.36. The molecule has 1 saturated heterocycles. The molecule has 30 heavy (non-hydrogen) atoms. The normalized spacial score (nSPS) is 25.6. The molecule has 8 nitrogen and oxygen atoms in total. The first-order valence-corrected chi connectivity index (χ1v) is 13.9. The molecule has 2 heterocycles. The van der Waals surface area contributed by atoms with Gasteiger partial charge in [-0.3, -0.25) is 9.36 Å². The van der Waals surface area contributed by atoms with E-state index in [1.165, 1.54) is 4.57 Å². The summed E-state index contributed by atoms with van der Waals surface area (Å²) in [6.07, 6.45) is -2.04. The van der Waals surface area contributed by atoms with E-state index in [4.69, 9.17) is 13.7 Å². The minimum absolute atomic E-state index is 0.158. The van der Waals surface area contributed by atoms with Crippen LogP contribution in [0, 0.1) is 0 Å². The SMILES string of the molecule is CC(C)(C)[Si](C)(C)OC1C(O[P+](=O)O)[C@@H](CO)O[C@H]1n1ccc2ccccc2c1=O. The highest BCUT2D eigenvalue weighted by molar-refractivity contribution is 7.32. The summed E-state index contributed by atoms with van der Waals surface area (Å²) in [7, 11) is -5.34. The number of pyridine rings is 1. The lowest BCUT2D eigenvalue weighted by Gasteiger charge is -2.40. The van der Waals surface area contributed by atoms with E-state index in [0.717, 1.165) is 5.39 Å². The van der Waals surface area contributed by atoms with Crippen molar-refractivity contribution < 1.29 is 28.3 Å². The van der Waals surface area contributed by atoms with E-state index in [1.807, 2.05) is 25.2 Å². The Labute approximate surface area is 177 Å². The smallest absolute Gasteiger partial charge is 0.406 e. The van der Waals surface area contributed by atoms with Gasteiger partial charge in [-0.15, -0.1) is 9.42 Å². The highest BCUT2D eigenvalue weighted by Crippen LogP contribution is 2.43. The molecule has 1 aliphatic heterocycles. The Hall–Kier alpha value is -1.45. The summed E-state index contributed by atoms with van der Waals surface area (Å²) < 4.78 is 30.6. The molecule has 1 fully saturated rings. The highest BCUT2D eigenvalue weighted by Gasteiger charge is 2.54. The van der Waals surface area contributed by atoms with Crippen LogP contribution in [0.15, 0.2) is 41.3 Å². The van der Waals surface area contributed by atoms with Crippen LogP contribution in [0.2, 0.25) is 18.1 Å². The summed E-state index contributed by atoms with van der Waals surface area (Å²) in [4.78, 5) is 22.6. The molecule has 3 rings (SSSR count). The second-order valence-corrected chi connectivity index (χ2v) is 14.5. The number of ether oxygens (including phenoxy) is 1. The van der Waals surface area contributed by atoms with Gasteiger partial charge in [0.25, 0.3) is 5.56 Å². The third-order valence-corrected chi connectivity index (χ3v) is 10.9. The van der Waals surface area contributed by atoms with Crippen molar-refractivity contribution in [3.63, 3.8) is 0 Å². The Balaban J connectivity index is 2.10. The fourth-order valence-corrected chi connectivity index (χ4v) is 5.11. The minimum Gasteiger partial charge on any atom is -0.406 e. The first-order chi connectivity index (χ1) is 14.0. The fraction of sp³-hybridized carbons (Fsp3) is 0.550. The van der Waals surface area contributed by atoms with Crippen LogP contribution >= 0.6 is 8.25 Å². The molecule has 5 atom stereocenters. The zero-order chi connectivity index (χ0) is 22.3. The van der Waals surface area contributed by atoms with Crippen LogP contribution in [0.1, 0.15) is 27.0 Å². The van der Waals surface area contributed by atoms with Crippen LogP contribution in [0.3, 0.4) is 0 Å². The lowest BCUT2D eigenvalue weighted by atomic mass is 10.1. The quantitative estimate of drug-likeness (QED) is 0.509. The number of hydrogen-bond donors (Lipinski definition) is 2. The van der Waals surface area contributed by atoms with Gasteiger partial charge in [0, 0.05) is 16.1 Å². The Bertz CT molecular complexity index is 987. The van der Waals surface area contributed by atoms with Crippen LogP contribution in [0.5, 0.6) is 0 Å². The van der Waals surface area contributed by atoms with E-state index in [-0.39, 0.29) is 10.6 Å². The number of aliphatic hydroxyl groups excluding tert-OH is 1. The Morgan fingerprint density at radius 3 is 2.47 bits per heavy atom. The standard InChI is InChI=1S/C20H28NO7PSi/c1-20(2,3)30(4,5)28-17-16(27-29(24)25)15(12-22)26-19(17)21-11-10-13-8-6-7-9-14(13)18(21)23/h6-11,15-17,19,22H,12H2,1-5H3/p+1/t15-,16?,17?,19-/m1/s1. The molecule has 0 bridgehead atoms. The van der Waals surface area contributed by atoms with Gasteiger partial charge in [0.1, 0.15) is 12.2 Å². The van der Waals surface area contributed by atoms with Gasteiger partial charge < -0.3 is 14.3 Å². The number of rotatable bonds is 6. The van der Waals surface area contributed by atoms with Gasteiger partial charge in [0.15, 0.2) is 20.6 Å². The molecule has 1 aromatic heterocycles. The lowest BCUT2D eigenvalue weighted by molar-refractivity contribution is -0.0517. The van der Waals surface area contributed by atoms with Gasteiger partial charge in [-0.1, -0.05) is 39.0 Å². The topological polar surface area (TPSA) is 107 Å². The summed E-state index contributed by atoms with van der Waals surface area (Å²) in [5, 5.41) is 11.0. The first kappa shape index (κ1) is 23.2. The molecular formula is C20H29NO7PSi+. The average molecular weight is 455 g/mol. The van der Waals surface area contributed by atoms with Crippen LogP contribution in [0.4, 0.5) is 0 Å². The van der Waals surface area contributed by atoms with Gasteiger partial charge in [-0.2, -0.15) is 0 Å². The molecule has 0 spiro atoms. The van der Waals surface area contributed by atoms with E-state index >= 15 is 0 Å². The van der Waals surface area contributed by atoms with E-state index in [2.05, 4.69) is 20.8 Å². The molecule has 0 saturated carbocycles. The van der Waals surface area contributed by atoms with Gasteiger partial charge in [0.2, 0.25) is 0 Å². The molecule has 1 aromatic carbocycles. The molecule has 164 valence electrons. The third-order valence-electron chi connectivity index (χ3n) is 6.03. The maximum atomic E-state index is 13.2. The van der Waals surface area contributed by atoms with Crippen molar-refractivity contribution in [3.8, 4) is 0 Å². The Morgan fingerprint density at radius 1 is 1.20 bits per heavy atom. The number of benzene rings is 1. The molecule has 3 unspecified atom stereocenters. The van der Waals surface area contributed by atoms with Crippen molar-refractivity contribution >= 4 is 27.3 Å². The summed E-state index contributed by atoms with van der Waals surface area (Å²) >= 11 is 0. The maximum absolute atomic E-state index is 13.2. The van der Waals surface area contributed by atoms with Crippen LogP contribution < -0.4 is 5.56 Å². The molecule has 10 heteroatoms. The number of hydrogen-bond acceptors (Lipinski definition) is 6. The molecule has 2 aromatic rings. The van der Waals surface area contributed by atoms with E-state index in [0.29, 0.717) is 5.39 Å². The lowest BCUT2D eigenvalue weighted by Crippen LogP contribution is -2.49. The predicted octanol–water partition coefficient (Wildman–Crippen LogP) is 3.32. The van der Waals surface area contributed by atoms with Crippen LogP contribution in [-0.2, 0) is 18.3 Å². The van der Waals surface area contributed by atoms with Crippen molar-refractivity contribution in [3.05, 3.63) is 46.9 Å². The number of aliphatic hydroxyl groups is 1. The Kier molecular flexibility index (Phi) is 6.65. The monoisotopic (exact) mass is 454 g/mol. The zero-order valence-electron chi connectivity index (χ0n) is 17.8. The molecule has 0 aliphatic carbocycles. The summed E-state index contributed by atoms with van der Waals surface area (Å²) in [5.41, 5.74) is -0.271. The van der Waals surface area contributed by atoms with Crippen molar-refractivity contribution in [2.24, 2.45) is 0 Å². The molecule has 0 amide bonds. The van der Waals surface area contributed by atoms with E-state index in [9.17, 15) is 19.4 Å². The number of aromatic nitrogens is 1. The van der Waals surface area contributed by atoms with Crippen molar-refractivity contribution in [2.45, 2.75) is 63.4 Å². The maximum Gasteiger partial charge on any atom is 0.695 e. The predicted molar refractivity (Wildman–Crippen MR) is 116 cm³/mol. The van der Waals surface area contributed by atoms with Crippen LogP contribution in [-0.4, -0.2) is 47.8 Å². The zero-order valence-corrected chi connectivity index (χ0v) is 19.7. The highest BCUT2D eigenvalue weighted by atomic mass is 31.1. The van der Waals surface area contributed by atoms with Gasteiger partial charge in [-0.25, -0.2) is 0 Å². The summed E-state index contributed by atoms with van der Waals surface area (Å²) in [6.45, 7) is 9.84. The summed E-state index contributed by atoms with van der Waals surface area (Å²) in [6, 6.07) is 9.02. The second kappa shape index (κ2) is 8.59. The Morgan fingerprint density at radius 2 is 1.87 bits per heavy atom. The molecular weight excluding hydrogens is 425 g/mol. The third kappa shape index (κ3) is 4.43. The van der Waals surface area contributed by atoms with Crippen LogP contribution in [0.25, 0.3) is 10.8 Å². The van der Waals surface area contributed by atoms with Gasteiger partial charge in [-0.05, 0) is 35.7 Å². The van der Waals surface area contributed by atoms with Crippen molar-refractivity contribution in [2.75, 3.05) is 6.61 Å². The number of nitrogens with zero attached hydrogens (tertiary/aromatic N) is 1. The summed E-state index contributed by atoms with van der Waals surface area (Å²) in [5.74, 6) is 0. The second-order valence-electron chi connectivity index (χ2n) is 9.01. The van der Waals surface area contributed by atoms with Crippen molar-refractivity contribution in [1.29, 1.82) is 0 Å². The first-order valence-electron chi connectivity index (χ1n) is 9.83. The van der Waals surface area contributed by atoms with Gasteiger partial charge >= 0.3 is 8.25 Å². The molecule has 2 N–H and O–H groups in total. The average Bonchev–Trinajstić information content (AvgIpc) is 2.97.